The molecular weight excluding hydrogens is 535 g/mol. The Balaban J connectivity index is 1.49. The van der Waals surface area contributed by atoms with Crippen LogP contribution in [-0.2, 0) is 9.53 Å². The van der Waals surface area contributed by atoms with Gasteiger partial charge in [0.05, 0.1) is 30.5 Å². The second kappa shape index (κ2) is 11.6. The predicted molar refractivity (Wildman–Crippen MR) is 153 cm³/mol. The van der Waals surface area contributed by atoms with Gasteiger partial charge in [-0.05, 0) is 41.3 Å². The molecule has 2 aromatic carbocycles. The number of piperazine rings is 1. The molecule has 2 amide bonds. The Hall–Kier alpha value is -2.72. The maximum atomic E-state index is 14.8. The molecule has 0 spiro atoms. The van der Waals surface area contributed by atoms with Gasteiger partial charge in [-0.15, -0.1) is 0 Å². The molecule has 10 heteroatoms. The van der Waals surface area contributed by atoms with Crippen LogP contribution in [0.15, 0.2) is 36.4 Å². The zero-order valence-electron chi connectivity index (χ0n) is 23.4. The molecule has 0 aromatic heterocycles. The number of carbonyl (C=O) groups is 2. The largest absolute Gasteiger partial charge is 0.379 e. The zero-order valence-corrected chi connectivity index (χ0v) is 24.2. The number of rotatable bonds is 5. The Labute approximate surface area is 240 Å². The molecule has 0 bridgehead atoms. The topological polar surface area (TPSA) is 76.6 Å². The number of aliphatic hydroxyl groups excluding tert-OH is 1. The number of ether oxygens (including phenoxy) is 1. The van der Waals surface area contributed by atoms with Crippen molar-refractivity contribution in [3.8, 4) is 11.1 Å². The molecule has 3 aliphatic heterocycles. The number of fused-ring (bicyclic) bond motifs is 2. The summed E-state index contributed by atoms with van der Waals surface area (Å²) < 4.78 is 20.3. The van der Waals surface area contributed by atoms with Gasteiger partial charge in [0.25, 0.3) is 5.91 Å². The van der Waals surface area contributed by atoms with Crippen molar-refractivity contribution in [2.24, 2.45) is 5.41 Å². The Morgan fingerprint density at radius 2 is 1.80 bits per heavy atom. The molecule has 2 atom stereocenters. The highest BCUT2D eigenvalue weighted by atomic mass is 35.5. The monoisotopic (exact) mass is 572 g/mol. The molecule has 3 aliphatic rings. The molecule has 216 valence electrons. The average Bonchev–Trinajstić information content (AvgIpc) is 3.00. The van der Waals surface area contributed by atoms with Crippen molar-refractivity contribution in [2.45, 2.75) is 39.5 Å². The number of anilines is 1. The highest BCUT2D eigenvalue weighted by Crippen LogP contribution is 2.36. The summed E-state index contributed by atoms with van der Waals surface area (Å²) in [5.74, 6) is -0.678. The fourth-order valence-corrected chi connectivity index (χ4v) is 5.95. The highest BCUT2D eigenvalue weighted by Gasteiger charge is 2.43. The number of benzene rings is 2. The first kappa shape index (κ1) is 28.8. The highest BCUT2D eigenvalue weighted by molar-refractivity contribution is 6.30. The molecule has 0 radical (unpaired) electrons. The molecule has 2 fully saturated rings. The Morgan fingerprint density at radius 3 is 2.50 bits per heavy atom. The normalized spacial score (nSPS) is 22.1. The SMILES string of the molecule is CC(C)(C)CC(=O)N1CCN2C(=O)c3cc(-c4ccc(Cl)cc4F)ccc3N(CCN3CCOCC3)C(O)[C@H]2C1. The lowest BCUT2D eigenvalue weighted by atomic mass is 9.91. The molecule has 5 rings (SSSR count). The minimum atomic E-state index is -1.02. The number of amides is 2. The number of hydrogen-bond donors (Lipinski definition) is 1. The summed E-state index contributed by atoms with van der Waals surface area (Å²) >= 11 is 5.97. The molecular formula is C30H38ClFN4O4. The Kier molecular flexibility index (Phi) is 8.38. The van der Waals surface area contributed by atoms with E-state index in [1.807, 2.05) is 25.7 Å². The molecule has 3 heterocycles. The van der Waals surface area contributed by atoms with Crippen LogP contribution < -0.4 is 4.90 Å². The minimum absolute atomic E-state index is 0.0222. The van der Waals surface area contributed by atoms with E-state index in [4.69, 9.17) is 16.3 Å². The van der Waals surface area contributed by atoms with E-state index in [0.717, 1.165) is 13.1 Å². The van der Waals surface area contributed by atoms with Crippen molar-refractivity contribution in [3.05, 3.63) is 52.8 Å². The van der Waals surface area contributed by atoms with E-state index in [9.17, 15) is 19.1 Å². The lowest BCUT2D eigenvalue weighted by Crippen LogP contribution is -2.63. The summed E-state index contributed by atoms with van der Waals surface area (Å²) in [5, 5.41) is 12.1. The van der Waals surface area contributed by atoms with Gasteiger partial charge in [-0.2, -0.15) is 0 Å². The van der Waals surface area contributed by atoms with Crippen LogP contribution in [0.1, 0.15) is 37.6 Å². The number of nitrogens with zero attached hydrogens (tertiary/aromatic N) is 4. The maximum Gasteiger partial charge on any atom is 0.256 e. The summed E-state index contributed by atoms with van der Waals surface area (Å²) in [7, 11) is 0. The second-order valence-corrected chi connectivity index (χ2v) is 12.5. The molecule has 2 aromatic rings. The number of halogens is 2. The number of carbonyl (C=O) groups excluding carboxylic acids is 2. The van der Waals surface area contributed by atoms with Crippen LogP contribution in [0.25, 0.3) is 11.1 Å². The summed E-state index contributed by atoms with van der Waals surface area (Å²) in [6.45, 7) is 11.1. The molecule has 1 unspecified atom stereocenters. The van der Waals surface area contributed by atoms with Crippen molar-refractivity contribution < 1.29 is 23.8 Å². The van der Waals surface area contributed by atoms with Gasteiger partial charge in [0.2, 0.25) is 5.91 Å². The number of hydrogen-bond acceptors (Lipinski definition) is 6. The predicted octanol–water partition coefficient (Wildman–Crippen LogP) is 3.71. The van der Waals surface area contributed by atoms with Crippen LogP contribution in [0, 0.1) is 11.2 Å². The molecule has 8 nitrogen and oxygen atoms in total. The molecule has 0 aliphatic carbocycles. The summed E-state index contributed by atoms with van der Waals surface area (Å²) in [5.41, 5.74) is 1.75. The molecule has 40 heavy (non-hydrogen) atoms. The fraction of sp³-hybridized carbons (Fsp3) is 0.533. The molecule has 2 saturated heterocycles. The van der Waals surface area contributed by atoms with Gasteiger partial charge in [-0.1, -0.05) is 38.4 Å². The lowest BCUT2D eigenvalue weighted by molar-refractivity contribution is -0.136. The first-order chi connectivity index (χ1) is 19.0. The van der Waals surface area contributed by atoms with Gasteiger partial charge in [0, 0.05) is 62.8 Å². The number of aliphatic hydroxyl groups is 1. The van der Waals surface area contributed by atoms with Crippen LogP contribution in [0.2, 0.25) is 5.02 Å². The van der Waals surface area contributed by atoms with E-state index >= 15 is 0 Å². The standard InChI is InChI=1S/C30H38ClFN4O4/c1-30(2,3)18-27(37)34-9-11-36-26(19-34)29(39)35(10-8-33-12-14-40-15-13-33)25-7-4-20(16-23(25)28(36)38)22-6-5-21(31)17-24(22)32/h4-7,16-17,26,29,39H,8-15,18-19H2,1-3H3/t26-,29?/m1/s1. The van der Waals surface area contributed by atoms with E-state index in [2.05, 4.69) is 4.90 Å². The van der Waals surface area contributed by atoms with E-state index in [1.165, 1.54) is 6.07 Å². The van der Waals surface area contributed by atoms with Crippen molar-refractivity contribution in [3.63, 3.8) is 0 Å². The molecule has 1 N–H and O–H groups in total. The van der Waals surface area contributed by atoms with Gasteiger partial charge >= 0.3 is 0 Å². The third kappa shape index (κ3) is 6.12. The second-order valence-electron chi connectivity index (χ2n) is 12.1. The quantitative estimate of drug-likeness (QED) is 0.589. The third-order valence-electron chi connectivity index (χ3n) is 7.92. The van der Waals surface area contributed by atoms with Crippen LogP contribution in [0.4, 0.5) is 10.1 Å². The van der Waals surface area contributed by atoms with Crippen LogP contribution in [0.5, 0.6) is 0 Å². The fourth-order valence-electron chi connectivity index (χ4n) is 5.79. The third-order valence-corrected chi connectivity index (χ3v) is 8.15. The summed E-state index contributed by atoms with van der Waals surface area (Å²) in [6, 6.07) is 9.16. The van der Waals surface area contributed by atoms with Crippen LogP contribution >= 0.6 is 11.6 Å². The van der Waals surface area contributed by atoms with Crippen molar-refractivity contribution in [1.82, 2.24) is 14.7 Å². The average molecular weight is 573 g/mol. The zero-order chi connectivity index (χ0) is 28.6. The summed E-state index contributed by atoms with van der Waals surface area (Å²) in [6.07, 6.45) is -0.629. The lowest BCUT2D eigenvalue weighted by Gasteiger charge is -2.44. The van der Waals surface area contributed by atoms with Crippen molar-refractivity contribution >= 4 is 29.1 Å². The Bertz CT molecular complexity index is 1260. The smallest absolute Gasteiger partial charge is 0.256 e. The van der Waals surface area contributed by atoms with Crippen LogP contribution in [0.3, 0.4) is 0 Å². The van der Waals surface area contributed by atoms with E-state index in [1.54, 1.807) is 40.1 Å². The summed E-state index contributed by atoms with van der Waals surface area (Å²) in [4.78, 5) is 34.8. The van der Waals surface area contributed by atoms with Gasteiger partial charge in [-0.3, -0.25) is 14.5 Å². The van der Waals surface area contributed by atoms with E-state index < -0.39 is 18.1 Å². The first-order valence-corrected chi connectivity index (χ1v) is 14.3. The number of morpholine rings is 1. The van der Waals surface area contributed by atoms with E-state index in [0.29, 0.717) is 73.2 Å². The van der Waals surface area contributed by atoms with Crippen molar-refractivity contribution in [2.75, 3.05) is 63.9 Å². The van der Waals surface area contributed by atoms with Crippen LogP contribution in [-0.4, -0.2) is 103 Å². The van der Waals surface area contributed by atoms with Gasteiger partial charge in [-0.25, -0.2) is 4.39 Å². The van der Waals surface area contributed by atoms with Crippen molar-refractivity contribution in [1.29, 1.82) is 0 Å². The van der Waals surface area contributed by atoms with E-state index in [-0.39, 0.29) is 23.8 Å². The molecule has 0 saturated carbocycles. The Morgan fingerprint density at radius 1 is 1.05 bits per heavy atom. The maximum absolute atomic E-state index is 14.8. The van der Waals surface area contributed by atoms with Gasteiger partial charge in [0.15, 0.2) is 0 Å². The van der Waals surface area contributed by atoms with Gasteiger partial charge < -0.3 is 24.5 Å². The van der Waals surface area contributed by atoms with Gasteiger partial charge in [0.1, 0.15) is 12.0 Å². The first-order valence-electron chi connectivity index (χ1n) is 13.9. The minimum Gasteiger partial charge on any atom is -0.379 e.